The van der Waals surface area contributed by atoms with Crippen LogP contribution in [-0.4, -0.2) is 58.8 Å². The summed E-state index contributed by atoms with van der Waals surface area (Å²) in [5.74, 6) is -1.64. The fraction of sp³-hybridized carbons (Fsp3) is 0.350. The third-order valence-electron chi connectivity index (χ3n) is 4.74. The Morgan fingerprint density at radius 2 is 1.90 bits per heavy atom. The Balaban J connectivity index is 1.80. The molecule has 10 heteroatoms. The van der Waals surface area contributed by atoms with E-state index in [9.17, 15) is 23.2 Å². The fourth-order valence-corrected chi connectivity index (χ4v) is 3.35. The zero-order chi connectivity index (χ0) is 21.7. The third kappa shape index (κ3) is 5.13. The van der Waals surface area contributed by atoms with E-state index in [-0.39, 0.29) is 35.0 Å². The maximum Gasteiger partial charge on any atom is 0.387 e. The average molecular weight is 420 g/mol. The Labute approximate surface area is 171 Å². The number of aromatic nitrogens is 1. The molecule has 0 atom stereocenters. The molecule has 3 amide bonds. The molecular weight excluding hydrogens is 398 g/mol. The van der Waals surface area contributed by atoms with E-state index < -0.39 is 25.0 Å². The van der Waals surface area contributed by atoms with Gasteiger partial charge in [-0.3, -0.25) is 14.4 Å². The number of hydrogen-bond acceptors (Lipinski definition) is 4. The Hall–Kier alpha value is -3.43. The van der Waals surface area contributed by atoms with Gasteiger partial charge in [0.15, 0.2) is 0 Å². The standard InChI is InChI=1S/C20H22F2N4O4/c21-20(22)30-16-6-2-1-5-13(16)11-26(12-17(23)27)18(28)14-9-15(24-10-14)19(29)25-7-3-4-8-25/h1-2,5-6,9-10,20,24H,3-4,7-8,11-12H2,(H2,23,27). The molecule has 160 valence electrons. The molecule has 2 aromatic rings. The number of nitrogens with two attached hydrogens (primary N) is 1. The van der Waals surface area contributed by atoms with Crippen molar-refractivity contribution in [3.63, 3.8) is 0 Å². The minimum absolute atomic E-state index is 0.103. The van der Waals surface area contributed by atoms with Crippen LogP contribution < -0.4 is 10.5 Å². The van der Waals surface area contributed by atoms with Crippen LogP contribution in [0.25, 0.3) is 0 Å². The van der Waals surface area contributed by atoms with E-state index in [4.69, 9.17) is 5.73 Å². The molecule has 8 nitrogen and oxygen atoms in total. The summed E-state index contributed by atoms with van der Waals surface area (Å²) in [7, 11) is 0. The molecule has 1 fully saturated rings. The number of rotatable bonds is 8. The van der Waals surface area contributed by atoms with Crippen LogP contribution in [0.3, 0.4) is 0 Å². The van der Waals surface area contributed by atoms with Crippen molar-refractivity contribution in [1.29, 1.82) is 0 Å². The highest BCUT2D eigenvalue weighted by Crippen LogP contribution is 2.23. The molecule has 1 aliphatic heterocycles. The maximum atomic E-state index is 13.0. The molecule has 0 bridgehead atoms. The summed E-state index contributed by atoms with van der Waals surface area (Å²) in [6.45, 7) is -2.31. The van der Waals surface area contributed by atoms with Crippen molar-refractivity contribution in [3.05, 3.63) is 53.3 Å². The molecule has 3 N–H and O–H groups in total. The molecule has 0 aliphatic carbocycles. The summed E-state index contributed by atoms with van der Waals surface area (Å²) in [6.07, 6.45) is 3.25. The molecule has 1 saturated heterocycles. The molecular formula is C20H22F2N4O4. The van der Waals surface area contributed by atoms with Crippen molar-refractivity contribution in [3.8, 4) is 5.75 Å². The van der Waals surface area contributed by atoms with Crippen molar-refractivity contribution < 1.29 is 27.9 Å². The molecule has 0 spiro atoms. The number of benzene rings is 1. The van der Waals surface area contributed by atoms with Gasteiger partial charge in [-0.05, 0) is 25.0 Å². The van der Waals surface area contributed by atoms with Crippen molar-refractivity contribution in [2.24, 2.45) is 5.73 Å². The van der Waals surface area contributed by atoms with E-state index in [0.717, 1.165) is 17.7 Å². The van der Waals surface area contributed by atoms with E-state index in [2.05, 4.69) is 9.72 Å². The van der Waals surface area contributed by atoms with Gasteiger partial charge in [-0.1, -0.05) is 18.2 Å². The third-order valence-corrected chi connectivity index (χ3v) is 4.74. The van der Waals surface area contributed by atoms with Gasteiger partial charge in [-0.15, -0.1) is 0 Å². The number of carbonyl (C=O) groups is 3. The van der Waals surface area contributed by atoms with Crippen LogP contribution in [0.1, 0.15) is 39.3 Å². The number of carbonyl (C=O) groups excluding carboxylic acids is 3. The molecule has 0 unspecified atom stereocenters. The number of hydrogen-bond donors (Lipinski definition) is 2. The zero-order valence-electron chi connectivity index (χ0n) is 16.1. The Bertz CT molecular complexity index is 925. The topological polar surface area (TPSA) is 109 Å². The van der Waals surface area contributed by atoms with Crippen LogP contribution in [0.5, 0.6) is 5.75 Å². The number of ether oxygens (including phenoxy) is 1. The van der Waals surface area contributed by atoms with Gasteiger partial charge >= 0.3 is 6.61 Å². The van der Waals surface area contributed by atoms with Crippen LogP contribution in [0.4, 0.5) is 8.78 Å². The van der Waals surface area contributed by atoms with Gasteiger partial charge in [0.05, 0.1) is 18.7 Å². The van der Waals surface area contributed by atoms with Crippen molar-refractivity contribution in [2.45, 2.75) is 26.0 Å². The number of nitrogens with one attached hydrogen (secondary N) is 1. The van der Waals surface area contributed by atoms with Gasteiger partial charge < -0.3 is 25.3 Å². The maximum absolute atomic E-state index is 13.0. The number of primary amides is 1. The normalized spacial score (nSPS) is 13.5. The quantitative estimate of drug-likeness (QED) is 0.681. The molecule has 1 aromatic carbocycles. The first-order chi connectivity index (χ1) is 14.3. The number of H-pyrrole nitrogens is 1. The van der Waals surface area contributed by atoms with E-state index in [0.29, 0.717) is 13.1 Å². The molecule has 1 aromatic heterocycles. The van der Waals surface area contributed by atoms with Gasteiger partial charge in [0.2, 0.25) is 5.91 Å². The highest BCUT2D eigenvalue weighted by Gasteiger charge is 2.25. The largest absolute Gasteiger partial charge is 0.434 e. The Morgan fingerprint density at radius 1 is 1.20 bits per heavy atom. The second-order valence-electron chi connectivity index (χ2n) is 6.92. The van der Waals surface area contributed by atoms with Crippen LogP contribution in [-0.2, 0) is 11.3 Å². The lowest BCUT2D eigenvalue weighted by Crippen LogP contribution is -2.38. The Kier molecular flexibility index (Phi) is 6.65. The van der Waals surface area contributed by atoms with Crippen molar-refractivity contribution in [2.75, 3.05) is 19.6 Å². The average Bonchev–Trinajstić information content (AvgIpc) is 3.39. The fourth-order valence-electron chi connectivity index (χ4n) is 3.35. The van der Waals surface area contributed by atoms with Gasteiger partial charge in [0, 0.05) is 24.8 Å². The van der Waals surface area contributed by atoms with Crippen LogP contribution >= 0.6 is 0 Å². The molecule has 2 heterocycles. The van der Waals surface area contributed by atoms with E-state index in [1.165, 1.54) is 30.5 Å². The van der Waals surface area contributed by atoms with E-state index in [1.807, 2.05) is 0 Å². The second kappa shape index (κ2) is 9.38. The molecule has 30 heavy (non-hydrogen) atoms. The van der Waals surface area contributed by atoms with Crippen molar-refractivity contribution in [1.82, 2.24) is 14.8 Å². The lowest BCUT2D eigenvalue weighted by atomic mass is 10.1. The summed E-state index contributed by atoms with van der Waals surface area (Å²) in [4.78, 5) is 42.5. The van der Waals surface area contributed by atoms with Crippen molar-refractivity contribution >= 4 is 17.7 Å². The van der Waals surface area contributed by atoms with Crippen LogP contribution in [0, 0.1) is 0 Å². The summed E-state index contributed by atoms with van der Waals surface area (Å²) in [6, 6.07) is 7.39. The Morgan fingerprint density at radius 3 is 2.57 bits per heavy atom. The number of para-hydroxylation sites is 1. The number of alkyl halides is 2. The summed E-state index contributed by atoms with van der Waals surface area (Å²) < 4.78 is 29.8. The summed E-state index contributed by atoms with van der Waals surface area (Å²) >= 11 is 0. The van der Waals surface area contributed by atoms with Gasteiger partial charge in [0.25, 0.3) is 11.8 Å². The predicted molar refractivity (Wildman–Crippen MR) is 103 cm³/mol. The minimum atomic E-state index is -3.03. The van der Waals surface area contributed by atoms with E-state index in [1.54, 1.807) is 11.0 Å². The molecule has 1 aliphatic rings. The minimum Gasteiger partial charge on any atom is -0.434 e. The first-order valence-electron chi connectivity index (χ1n) is 9.43. The number of nitrogens with zero attached hydrogens (tertiary/aromatic N) is 2. The van der Waals surface area contributed by atoms with E-state index >= 15 is 0 Å². The number of likely N-dealkylation sites (tertiary alicyclic amines) is 1. The van der Waals surface area contributed by atoms with Gasteiger partial charge in [0.1, 0.15) is 11.4 Å². The predicted octanol–water partition coefficient (Wildman–Crippen LogP) is 1.98. The highest BCUT2D eigenvalue weighted by atomic mass is 19.3. The first-order valence-corrected chi connectivity index (χ1v) is 9.43. The zero-order valence-corrected chi connectivity index (χ0v) is 16.1. The molecule has 3 rings (SSSR count). The highest BCUT2D eigenvalue weighted by molar-refractivity contribution is 6.00. The SMILES string of the molecule is NC(=O)CN(Cc1ccccc1OC(F)F)C(=O)c1c[nH]c(C(=O)N2CCCC2)c1. The van der Waals surface area contributed by atoms with Gasteiger partial charge in [-0.2, -0.15) is 8.78 Å². The van der Waals surface area contributed by atoms with Gasteiger partial charge in [-0.25, -0.2) is 0 Å². The number of halogens is 2. The number of amides is 3. The lowest BCUT2D eigenvalue weighted by Gasteiger charge is -2.22. The smallest absolute Gasteiger partial charge is 0.387 e. The first kappa shape index (κ1) is 21.3. The monoisotopic (exact) mass is 420 g/mol. The number of aromatic amines is 1. The summed E-state index contributed by atoms with van der Waals surface area (Å²) in [5.41, 5.74) is 5.98. The molecule has 0 saturated carbocycles. The van der Waals surface area contributed by atoms with Crippen LogP contribution in [0.15, 0.2) is 36.5 Å². The van der Waals surface area contributed by atoms with Crippen LogP contribution in [0.2, 0.25) is 0 Å². The lowest BCUT2D eigenvalue weighted by molar-refractivity contribution is -0.118. The second-order valence-corrected chi connectivity index (χ2v) is 6.92. The molecule has 0 radical (unpaired) electrons. The summed E-state index contributed by atoms with van der Waals surface area (Å²) in [5, 5.41) is 0.